The molecule has 5 nitrogen and oxygen atoms in total. The maximum atomic E-state index is 12.6. The van der Waals surface area contributed by atoms with Crippen molar-refractivity contribution in [1.29, 1.82) is 0 Å². The highest BCUT2D eigenvalue weighted by Crippen LogP contribution is 2.28. The number of fused-ring (bicyclic) bond motifs is 2. The Balaban J connectivity index is 1.57. The molecule has 0 unspecified atom stereocenters. The van der Waals surface area contributed by atoms with Crippen LogP contribution >= 0.6 is 11.3 Å². The molecule has 20 heavy (non-hydrogen) atoms. The summed E-state index contributed by atoms with van der Waals surface area (Å²) in [5.74, 6) is 0.0804. The maximum Gasteiger partial charge on any atom is 0.283 e. The Morgan fingerprint density at radius 3 is 3.05 bits per heavy atom. The summed E-state index contributed by atoms with van der Waals surface area (Å²) in [7, 11) is 0. The maximum absolute atomic E-state index is 12.6. The van der Waals surface area contributed by atoms with Crippen molar-refractivity contribution in [3.05, 3.63) is 33.8 Å². The molecular formula is C14H16N4OS. The molecule has 0 N–H and O–H groups in total. The smallest absolute Gasteiger partial charge is 0.283 e. The van der Waals surface area contributed by atoms with Gasteiger partial charge in [-0.05, 0) is 25.7 Å². The van der Waals surface area contributed by atoms with Gasteiger partial charge in [0.05, 0.1) is 24.3 Å². The average Bonchev–Trinajstić information content (AvgIpc) is 3.11. The Hall–Kier alpha value is -1.69. The number of amides is 1. The van der Waals surface area contributed by atoms with Gasteiger partial charge in [-0.3, -0.25) is 4.79 Å². The Morgan fingerprint density at radius 2 is 2.15 bits per heavy atom. The molecule has 6 heteroatoms. The highest BCUT2D eigenvalue weighted by atomic mass is 32.1. The van der Waals surface area contributed by atoms with E-state index in [1.807, 2.05) is 17.4 Å². The number of aryl methyl sites for hydroxylation is 2. The molecule has 1 aliphatic carbocycles. The minimum Gasteiger partial charge on any atom is -0.331 e. The number of carbonyl (C=O) groups excluding carboxylic acids is 1. The van der Waals surface area contributed by atoms with Crippen molar-refractivity contribution in [2.75, 3.05) is 6.54 Å². The van der Waals surface area contributed by atoms with Crippen LogP contribution < -0.4 is 0 Å². The third kappa shape index (κ3) is 1.95. The van der Waals surface area contributed by atoms with Crippen LogP contribution in [0.25, 0.3) is 0 Å². The highest BCUT2D eigenvalue weighted by molar-refractivity contribution is 7.13. The second-order valence-corrected chi connectivity index (χ2v) is 6.48. The average molecular weight is 288 g/mol. The summed E-state index contributed by atoms with van der Waals surface area (Å²) in [5.41, 5.74) is 2.26. The molecule has 1 amide bonds. The van der Waals surface area contributed by atoms with Crippen molar-refractivity contribution in [3.8, 4) is 0 Å². The summed E-state index contributed by atoms with van der Waals surface area (Å²) in [6, 6.07) is 0. The third-order valence-electron chi connectivity index (χ3n) is 4.08. The van der Waals surface area contributed by atoms with Crippen LogP contribution in [0.3, 0.4) is 0 Å². The molecule has 0 atom stereocenters. The van der Waals surface area contributed by atoms with Gasteiger partial charge in [-0.1, -0.05) is 0 Å². The van der Waals surface area contributed by atoms with E-state index < -0.39 is 0 Å². The molecule has 2 aromatic heterocycles. The van der Waals surface area contributed by atoms with E-state index in [0.717, 1.165) is 37.3 Å². The van der Waals surface area contributed by atoms with Gasteiger partial charge in [0.1, 0.15) is 0 Å². The van der Waals surface area contributed by atoms with Crippen molar-refractivity contribution >= 4 is 17.2 Å². The van der Waals surface area contributed by atoms with E-state index in [1.54, 1.807) is 11.3 Å². The molecule has 0 radical (unpaired) electrons. The van der Waals surface area contributed by atoms with Crippen LogP contribution in [0.2, 0.25) is 0 Å². The van der Waals surface area contributed by atoms with Crippen LogP contribution in [0.15, 0.2) is 12.5 Å². The molecular weight excluding hydrogens is 272 g/mol. The number of thiazole rings is 1. The molecule has 0 saturated carbocycles. The minimum atomic E-state index is 0.0804. The normalized spacial score (nSPS) is 17.7. The number of hydrogen-bond donors (Lipinski definition) is 0. The van der Waals surface area contributed by atoms with Crippen molar-refractivity contribution in [1.82, 2.24) is 19.4 Å². The predicted molar refractivity (Wildman–Crippen MR) is 75.7 cm³/mol. The zero-order valence-corrected chi connectivity index (χ0v) is 12.0. The first-order valence-corrected chi connectivity index (χ1v) is 7.90. The quantitative estimate of drug-likeness (QED) is 0.805. The number of carbonyl (C=O) groups is 1. The Bertz CT molecular complexity index is 636. The zero-order valence-electron chi connectivity index (χ0n) is 11.2. The summed E-state index contributed by atoms with van der Waals surface area (Å²) in [5, 5.41) is 0.671. The van der Waals surface area contributed by atoms with E-state index in [9.17, 15) is 4.79 Å². The zero-order chi connectivity index (χ0) is 13.5. The lowest BCUT2D eigenvalue weighted by molar-refractivity contribution is 0.0710. The topological polar surface area (TPSA) is 51.0 Å². The van der Waals surface area contributed by atoms with E-state index in [4.69, 9.17) is 0 Å². The second-order valence-electron chi connectivity index (χ2n) is 5.40. The van der Waals surface area contributed by atoms with Crippen LogP contribution in [0.1, 0.15) is 38.9 Å². The number of rotatable bonds is 1. The standard InChI is InChI=1S/C14H16N4OS/c19-14(13-16-11-3-1-2-4-12(11)20-13)17-5-6-18-9-15-7-10(18)8-17/h7,9H,1-6,8H2. The highest BCUT2D eigenvalue weighted by Gasteiger charge is 2.26. The van der Waals surface area contributed by atoms with Crippen molar-refractivity contribution in [2.45, 2.75) is 38.8 Å². The van der Waals surface area contributed by atoms with Gasteiger partial charge in [-0.2, -0.15) is 0 Å². The summed E-state index contributed by atoms with van der Waals surface area (Å²) >= 11 is 1.60. The molecule has 4 rings (SSSR count). The van der Waals surface area contributed by atoms with Crippen LogP contribution in [0, 0.1) is 0 Å². The molecule has 0 saturated heterocycles. The molecule has 0 fully saturated rings. The van der Waals surface area contributed by atoms with Gasteiger partial charge >= 0.3 is 0 Å². The van der Waals surface area contributed by atoms with Crippen molar-refractivity contribution < 1.29 is 4.79 Å². The van der Waals surface area contributed by atoms with Crippen LogP contribution in [0.4, 0.5) is 0 Å². The molecule has 0 bridgehead atoms. The lowest BCUT2D eigenvalue weighted by Gasteiger charge is -2.27. The summed E-state index contributed by atoms with van der Waals surface area (Å²) in [6.45, 7) is 2.21. The second kappa shape index (κ2) is 4.70. The number of imidazole rings is 1. The first-order chi connectivity index (χ1) is 9.81. The van der Waals surface area contributed by atoms with Gasteiger partial charge in [-0.25, -0.2) is 9.97 Å². The van der Waals surface area contributed by atoms with Gasteiger partial charge < -0.3 is 9.47 Å². The fraction of sp³-hybridized carbons (Fsp3) is 0.500. The SMILES string of the molecule is O=C(c1nc2c(s1)CCCC2)N1CCn2cncc2C1. The van der Waals surface area contributed by atoms with Gasteiger partial charge in [0.2, 0.25) is 0 Å². The van der Waals surface area contributed by atoms with E-state index in [-0.39, 0.29) is 5.91 Å². The van der Waals surface area contributed by atoms with Crippen LogP contribution in [-0.4, -0.2) is 31.9 Å². The minimum absolute atomic E-state index is 0.0804. The van der Waals surface area contributed by atoms with Gasteiger partial charge in [0, 0.05) is 24.2 Å². The van der Waals surface area contributed by atoms with Crippen molar-refractivity contribution in [3.63, 3.8) is 0 Å². The Kier molecular flexibility index (Phi) is 2.84. The number of aromatic nitrogens is 3. The van der Waals surface area contributed by atoms with E-state index in [2.05, 4.69) is 14.5 Å². The molecule has 2 aromatic rings. The molecule has 3 heterocycles. The molecule has 104 valence electrons. The molecule has 0 aromatic carbocycles. The molecule has 0 spiro atoms. The van der Waals surface area contributed by atoms with Crippen LogP contribution in [-0.2, 0) is 25.9 Å². The summed E-state index contributed by atoms with van der Waals surface area (Å²) in [6.07, 6.45) is 8.23. The summed E-state index contributed by atoms with van der Waals surface area (Å²) in [4.78, 5) is 24.5. The van der Waals surface area contributed by atoms with E-state index in [1.165, 1.54) is 17.7 Å². The Labute approximate surface area is 121 Å². The molecule has 2 aliphatic rings. The van der Waals surface area contributed by atoms with Gasteiger partial charge in [0.25, 0.3) is 5.91 Å². The third-order valence-corrected chi connectivity index (χ3v) is 5.22. The van der Waals surface area contributed by atoms with Crippen LogP contribution in [0.5, 0.6) is 0 Å². The fourth-order valence-electron chi connectivity index (χ4n) is 2.94. The molecule has 1 aliphatic heterocycles. The summed E-state index contributed by atoms with van der Waals surface area (Å²) < 4.78 is 2.11. The number of hydrogen-bond acceptors (Lipinski definition) is 4. The predicted octanol–water partition coefficient (Wildman–Crippen LogP) is 1.87. The monoisotopic (exact) mass is 288 g/mol. The first kappa shape index (κ1) is 12.1. The lowest BCUT2D eigenvalue weighted by Crippen LogP contribution is -2.37. The van der Waals surface area contributed by atoms with Gasteiger partial charge in [0.15, 0.2) is 5.01 Å². The van der Waals surface area contributed by atoms with Crippen molar-refractivity contribution in [2.24, 2.45) is 0 Å². The van der Waals surface area contributed by atoms with E-state index in [0.29, 0.717) is 11.6 Å². The fourth-order valence-corrected chi connectivity index (χ4v) is 4.05. The Morgan fingerprint density at radius 1 is 1.25 bits per heavy atom. The first-order valence-electron chi connectivity index (χ1n) is 7.08. The lowest BCUT2D eigenvalue weighted by atomic mass is 10.0. The van der Waals surface area contributed by atoms with E-state index >= 15 is 0 Å². The largest absolute Gasteiger partial charge is 0.331 e. The van der Waals surface area contributed by atoms with Gasteiger partial charge in [-0.15, -0.1) is 11.3 Å². The number of nitrogens with zero attached hydrogens (tertiary/aromatic N) is 4.